The average Bonchev–Trinajstić information content (AvgIpc) is 3.31. The Hall–Kier alpha value is -0.181. The predicted octanol–water partition coefficient (Wildman–Crippen LogP) is 2.00. The maximum absolute atomic E-state index is 10.1. The Bertz CT molecular complexity index is 426. The zero-order valence-corrected chi connectivity index (χ0v) is 16.5. The molecule has 3 rings (SSSR count). The first-order chi connectivity index (χ1) is 11.9. The summed E-state index contributed by atoms with van der Waals surface area (Å²) in [7, 11) is 0. The molecule has 0 amide bonds. The Morgan fingerprint density at radius 2 is 1.42 bits per heavy atom. The van der Waals surface area contributed by atoms with E-state index in [4.69, 9.17) is 24.8 Å². The van der Waals surface area contributed by atoms with E-state index in [0.717, 1.165) is 19.3 Å². The number of hydrogen-bond acceptors (Lipinski definition) is 5. The van der Waals surface area contributed by atoms with Crippen LogP contribution in [0.15, 0.2) is 24.3 Å². The Morgan fingerprint density at radius 3 is 1.65 bits per heavy atom. The molecule has 156 valence electrons. The smallest absolute Gasteiger partial charge is 0.332 e. The van der Waals surface area contributed by atoms with Crippen molar-refractivity contribution in [3.05, 3.63) is 24.3 Å². The van der Waals surface area contributed by atoms with E-state index < -0.39 is 24.1 Å². The fourth-order valence-electron chi connectivity index (χ4n) is 2.57. The molecule has 7 nitrogen and oxygen atoms in total. The van der Waals surface area contributed by atoms with Gasteiger partial charge in [-0.15, -0.1) is 0 Å². The molecule has 3 N–H and O–H groups in total. The Morgan fingerprint density at radius 1 is 1.00 bits per heavy atom. The topological polar surface area (TPSA) is 113 Å². The molecule has 1 aliphatic carbocycles. The van der Waals surface area contributed by atoms with Crippen molar-refractivity contribution in [2.45, 2.75) is 57.3 Å². The summed E-state index contributed by atoms with van der Waals surface area (Å²) in [4.78, 5) is 20.2. The van der Waals surface area contributed by atoms with Crippen LogP contribution in [0.1, 0.15) is 39.0 Å². The molecule has 0 radical (unpaired) electrons. The van der Waals surface area contributed by atoms with Crippen LogP contribution in [0.25, 0.3) is 0 Å². The molecule has 3 atom stereocenters. The summed E-state index contributed by atoms with van der Waals surface area (Å²) >= 11 is 0. The second-order valence-electron chi connectivity index (χ2n) is 6.20. The van der Waals surface area contributed by atoms with Gasteiger partial charge in [-0.25, -0.2) is 9.59 Å². The third kappa shape index (κ3) is 11.5. The number of aliphatic hydroxyl groups is 1. The van der Waals surface area contributed by atoms with Crippen molar-refractivity contribution in [1.82, 2.24) is 0 Å². The predicted molar refractivity (Wildman–Crippen MR) is 91.3 cm³/mol. The van der Waals surface area contributed by atoms with Crippen molar-refractivity contribution in [3.8, 4) is 0 Å². The second kappa shape index (κ2) is 14.8. The molecule has 0 aromatic heterocycles. The van der Waals surface area contributed by atoms with E-state index in [9.17, 15) is 9.59 Å². The van der Waals surface area contributed by atoms with E-state index in [0.29, 0.717) is 32.0 Å². The first-order valence-corrected chi connectivity index (χ1v) is 8.62. The fraction of sp³-hybridized carbons (Fsp3) is 0.667. The van der Waals surface area contributed by atoms with Gasteiger partial charge in [0.15, 0.2) is 12.2 Å². The van der Waals surface area contributed by atoms with Crippen LogP contribution in [-0.2, 0) is 19.1 Å². The van der Waals surface area contributed by atoms with Crippen molar-refractivity contribution in [3.63, 3.8) is 0 Å². The van der Waals surface area contributed by atoms with E-state index in [2.05, 4.69) is 12.2 Å². The van der Waals surface area contributed by atoms with Gasteiger partial charge < -0.3 is 24.8 Å². The average molecular weight is 529 g/mol. The van der Waals surface area contributed by atoms with Crippen molar-refractivity contribution >= 4 is 11.9 Å². The minimum Gasteiger partial charge on any atom is -0.479 e. The zero-order chi connectivity index (χ0) is 18.7. The summed E-state index contributed by atoms with van der Waals surface area (Å²) in [6, 6.07) is 0. The zero-order valence-electron chi connectivity index (χ0n) is 14.8. The SMILES string of the molecule is CC(O)CC1C=CC=C1.O=C(O)C1CCCO1.O=C(O)C1CCCO1.[Yb]. The number of rotatable bonds is 4. The van der Waals surface area contributed by atoms with E-state index in [-0.39, 0.29) is 53.0 Å². The number of ether oxygens (including phenoxy) is 2. The summed E-state index contributed by atoms with van der Waals surface area (Å²) in [5, 5.41) is 25.5. The Balaban J connectivity index is 0.000000355. The monoisotopic (exact) mass is 530 g/mol. The Kier molecular flexibility index (Phi) is 14.7. The van der Waals surface area contributed by atoms with Gasteiger partial charge in [-0.05, 0) is 44.9 Å². The third-order valence-electron chi connectivity index (χ3n) is 3.85. The van der Waals surface area contributed by atoms with Gasteiger partial charge in [0.2, 0.25) is 0 Å². The van der Waals surface area contributed by atoms with Crippen molar-refractivity contribution in [2.75, 3.05) is 13.2 Å². The minimum atomic E-state index is -0.831. The molecular weight excluding hydrogens is 501 g/mol. The number of aliphatic hydroxyl groups excluding tert-OH is 1. The Labute approximate surface area is 192 Å². The van der Waals surface area contributed by atoms with Gasteiger partial charge in [0.1, 0.15) is 0 Å². The van der Waals surface area contributed by atoms with Gasteiger partial charge in [0.05, 0.1) is 6.10 Å². The largest absolute Gasteiger partial charge is 0.479 e. The molecule has 0 saturated carbocycles. The van der Waals surface area contributed by atoms with Crippen LogP contribution in [0, 0.1) is 52.8 Å². The van der Waals surface area contributed by atoms with E-state index in [1.807, 2.05) is 19.1 Å². The van der Waals surface area contributed by atoms with E-state index in [1.54, 1.807) is 0 Å². The molecule has 26 heavy (non-hydrogen) atoms. The molecule has 2 fully saturated rings. The van der Waals surface area contributed by atoms with Gasteiger partial charge in [-0.2, -0.15) is 0 Å². The van der Waals surface area contributed by atoms with Crippen LogP contribution >= 0.6 is 0 Å². The number of carboxylic acids is 2. The standard InChI is InChI=1S/C8H12O.2C5H8O3.Yb/c1-7(9)6-8-4-2-3-5-8;2*6-5(7)4-2-1-3-8-4;/h2-5,7-9H,6H2,1H3;2*4H,1-3H2,(H,6,7);. The third-order valence-corrected chi connectivity index (χ3v) is 3.85. The summed E-state index contributed by atoms with van der Waals surface area (Å²) < 4.78 is 9.63. The van der Waals surface area contributed by atoms with Gasteiger partial charge in [-0.1, -0.05) is 24.3 Å². The van der Waals surface area contributed by atoms with Crippen molar-refractivity contribution in [1.29, 1.82) is 0 Å². The molecule has 2 aliphatic heterocycles. The molecular formula is C18H28O7Yb. The number of allylic oxidation sites excluding steroid dienone is 4. The number of aliphatic carboxylic acids is 2. The molecule has 0 bridgehead atoms. The molecule has 3 aliphatic rings. The van der Waals surface area contributed by atoms with Crippen molar-refractivity contribution in [2.24, 2.45) is 5.92 Å². The van der Waals surface area contributed by atoms with Crippen LogP contribution in [0.4, 0.5) is 0 Å². The molecule has 0 aromatic carbocycles. The minimum absolute atomic E-state index is 0. The van der Waals surface area contributed by atoms with Crippen molar-refractivity contribution < 1.29 is 81.3 Å². The normalized spacial score (nSPS) is 24.7. The fourth-order valence-corrected chi connectivity index (χ4v) is 2.57. The van der Waals surface area contributed by atoms with Crippen LogP contribution in [0.2, 0.25) is 0 Å². The molecule has 8 heteroatoms. The number of hydrogen-bond donors (Lipinski definition) is 3. The summed E-state index contributed by atoms with van der Waals surface area (Å²) in [5.74, 6) is -1.19. The van der Waals surface area contributed by atoms with E-state index in [1.165, 1.54) is 0 Å². The molecule has 0 spiro atoms. The summed E-state index contributed by atoms with van der Waals surface area (Å²) in [6.45, 7) is 3.04. The first-order valence-electron chi connectivity index (χ1n) is 8.62. The van der Waals surface area contributed by atoms with Gasteiger partial charge >= 0.3 is 11.9 Å². The summed E-state index contributed by atoms with van der Waals surface area (Å²) in [6.07, 6.45) is 11.0. The number of carboxylic acid groups (broad SMARTS) is 2. The molecule has 2 saturated heterocycles. The van der Waals surface area contributed by atoms with Crippen LogP contribution in [-0.4, -0.2) is 58.8 Å². The second-order valence-corrected chi connectivity index (χ2v) is 6.20. The van der Waals surface area contributed by atoms with Crippen LogP contribution in [0.5, 0.6) is 0 Å². The maximum atomic E-state index is 10.1. The summed E-state index contributed by atoms with van der Waals surface area (Å²) in [5.41, 5.74) is 0. The number of carbonyl (C=O) groups is 2. The van der Waals surface area contributed by atoms with Gasteiger partial charge in [-0.3, -0.25) is 0 Å². The van der Waals surface area contributed by atoms with E-state index >= 15 is 0 Å². The van der Waals surface area contributed by atoms with Gasteiger partial charge in [0.25, 0.3) is 0 Å². The van der Waals surface area contributed by atoms with Crippen LogP contribution in [0.3, 0.4) is 0 Å². The molecule has 2 heterocycles. The molecule has 3 unspecified atom stereocenters. The first kappa shape index (κ1) is 25.8. The molecule has 0 aromatic rings. The quantitative estimate of drug-likeness (QED) is 0.511. The maximum Gasteiger partial charge on any atom is 0.332 e. The van der Waals surface area contributed by atoms with Crippen LogP contribution < -0.4 is 0 Å². The van der Waals surface area contributed by atoms with Gasteiger partial charge in [0, 0.05) is 60.1 Å².